The first-order chi connectivity index (χ1) is 4.41. The first-order valence-corrected chi connectivity index (χ1v) is 3.09. The molecule has 0 aliphatic heterocycles. The number of ether oxygens (including phenoxy) is 2. The summed E-state index contributed by atoms with van der Waals surface area (Å²) in [6.45, 7) is 3.04. The number of quaternary nitrogens is 1. The molecule has 0 atom stereocenters. The molecular weight excluding hydrogens is 118 g/mol. The molecule has 0 heterocycles. The van der Waals surface area contributed by atoms with Crippen molar-refractivity contribution in [3.63, 3.8) is 0 Å². The topological polar surface area (TPSA) is 35.1 Å². The fraction of sp³-hybridized carbons (Fsp3) is 0.833. The van der Waals surface area contributed by atoms with Gasteiger partial charge in [0, 0.05) is 7.11 Å². The van der Waals surface area contributed by atoms with Crippen LogP contribution in [0.4, 0.5) is 0 Å². The fourth-order valence-corrected chi connectivity index (χ4v) is 0.411. The maximum absolute atomic E-state index is 5.12. The Morgan fingerprint density at radius 2 is 2.11 bits per heavy atom. The number of nitrogens with two attached hydrogens (primary N) is 1. The van der Waals surface area contributed by atoms with Gasteiger partial charge in [-0.15, -0.1) is 0 Å². The minimum absolute atomic E-state index is 0.678. The summed E-state index contributed by atoms with van der Waals surface area (Å²) < 4.78 is 9.89. The van der Waals surface area contributed by atoms with Crippen LogP contribution >= 0.6 is 0 Å². The van der Waals surface area contributed by atoms with Gasteiger partial charge in [0.05, 0.1) is 26.4 Å². The van der Waals surface area contributed by atoms with Gasteiger partial charge in [0.1, 0.15) is 0 Å². The van der Waals surface area contributed by atoms with E-state index in [9.17, 15) is 0 Å². The Hall–Kier alpha value is -0.120. The lowest BCUT2D eigenvalue weighted by molar-refractivity contribution is -0.597. The van der Waals surface area contributed by atoms with E-state index in [-0.39, 0.29) is 0 Å². The van der Waals surface area contributed by atoms with Crippen molar-refractivity contribution in [3.8, 4) is 0 Å². The molecule has 56 valence electrons. The van der Waals surface area contributed by atoms with Crippen LogP contribution in [0.15, 0.2) is 0 Å². The van der Waals surface area contributed by atoms with E-state index in [2.05, 4.69) is 7.05 Å². The molecule has 3 nitrogen and oxygen atoms in total. The molecule has 0 aromatic rings. The van der Waals surface area contributed by atoms with Crippen molar-refractivity contribution in [1.29, 1.82) is 0 Å². The lowest BCUT2D eigenvalue weighted by Crippen LogP contribution is -2.78. The van der Waals surface area contributed by atoms with Gasteiger partial charge in [-0.3, -0.25) is 0 Å². The minimum Gasteiger partial charge on any atom is -0.477 e. The summed E-state index contributed by atoms with van der Waals surface area (Å²) in [5.41, 5.74) is 0. The van der Waals surface area contributed by atoms with Crippen molar-refractivity contribution in [2.45, 2.75) is 0 Å². The highest BCUT2D eigenvalue weighted by Gasteiger charge is 1.84. The Balaban J connectivity index is 2.60. The third-order valence-electron chi connectivity index (χ3n) is 0.898. The smallest absolute Gasteiger partial charge is 0.0935 e. The van der Waals surface area contributed by atoms with Gasteiger partial charge in [-0.05, 0) is 0 Å². The molecule has 0 radical (unpaired) electrons. The number of hydrogen-bond acceptors (Lipinski definition) is 2. The summed E-state index contributed by atoms with van der Waals surface area (Å²) in [7, 11) is 5.23. The third-order valence-corrected chi connectivity index (χ3v) is 0.898. The van der Waals surface area contributed by atoms with E-state index in [1.807, 2.05) is 5.32 Å². The molecule has 0 aliphatic rings. The standard InChI is InChI=1S/C6H15NO2/c1-7-3-4-9-6-5-8-2/h1,3-7H2,2H3. The lowest BCUT2D eigenvalue weighted by Gasteiger charge is -2.01. The molecule has 0 spiro atoms. The van der Waals surface area contributed by atoms with Crippen LogP contribution in [0.2, 0.25) is 0 Å². The Morgan fingerprint density at radius 3 is 2.67 bits per heavy atom. The van der Waals surface area contributed by atoms with Gasteiger partial charge in [0.25, 0.3) is 0 Å². The Morgan fingerprint density at radius 1 is 1.33 bits per heavy atom. The van der Waals surface area contributed by atoms with E-state index >= 15 is 0 Å². The summed E-state index contributed by atoms with van der Waals surface area (Å²) >= 11 is 0. The molecule has 0 aromatic carbocycles. The van der Waals surface area contributed by atoms with Crippen LogP contribution in [0.25, 0.3) is 0 Å². The van der Waals surface area contributed by atoms with Crippen LogP contribution in [0, 0.1) is 7.05 Å². The number of methoxy groups -OCH3 is 1. The average Bonchev–Trinajstić information content (AvgIpc) is 1.89. The third kappa shape index (κ3) is 7.88. The van der Waals surface area contributed by atoms with Gasteiger partial charge in [0.15, 0.2) is 0 Å². The summed E-state index contributed by atoms with van der Waals surface area (Å²) in [4.78, 5) is 0. The van der Waals surface area contributed by atoms with Gasteiger partial charge < -0.3 is 14.8 Å². The molecule has 2 N–H and O–H groups in total. The molecule has 0 saturated carbocycles. The van der Waals surface area contributed by atoms with Crippen molar-refractivity contribution in [2.75, 3.05) is 33.5 Å². The van der Waals surface area contributed by atoms with Crippen LogP contribution in [0.3, 0.4) is 0 Å². The molecule has 0 aromatic heterocycles. The first-order valence-electron chi connectivity index (χ1n) is 3.09. The molecule has 0 bridgehead atoms. The second-order valence-electron chi connectivity index (χ2n) is 1.68. The first kappa shape index (κ1) is 8.88. The predicted octanol–water partition coefficient (Wildman–Crippen LogP) is -0.996. The van der Waals surface area contributed by atoms with E-state index in [4.69, 9.17) is 9.47 Å². The molecule has 0 fully saturated rings. The van der Waals surface area contributed by atoms with Gasteiger partial charge >= 0.3 is 0 Å². The van der Waals surface area contributed by atoms with Crippen LogP contribution in [0.5, 0.6) is 0 Å². The highest BCUT2D eigenvalue weighted by molar-refractivity contribution is 4.26. The number of hydrogen-bond donors (Lipinski definition) is 1. The summed E-state index contributed by atoms with van der Waals surface area (Å²) in [5, 5.41) is 1.84. The van der Waals surface area contributed by atoms with Crippen LogP contribution in [-0.4, -0.2) is 33.5 Å². The van der Waals surface area contributed by atoms with Crippen LogP contribution in [0.1, 0.15) is 0 Å². The average molecular weight is 133 g/mol. The zero-order valence-electron chi connectivity index (χ0n) is 5.93. The number of rotatable bonds is 6. The molecule has 0 rings (SSSR count). The lowest BCUT2D eigenvalue weighted by atomic mass is 10.7. The summed E-state index contributed by atoms with van der Waals surface area (Å²) in [5.74, 6) is 0. The molecule has 9 heavy (non-hydrogen) atoms. The van der Waals surface area contributed by atoms with Gasteiger partial charge in [-0.2, -0.15) is 7.05 Å². The van der Waals surface area contributed by atoms with Gasteiger partial charge in [0.2, 0.25) is 0 Å². The highest BCUT2D eigenvalue weighted by Crippen LogP contribution is 1.71. The van der Waals surface area contributed by atoms with Crippen molar-refractivity contribution < 1.29 is 14.8 Å². The molecule has 0 unspecified atom stereocenters. The Labute approximate surface area is 56.3 Å². The van der Waals surface area contributed by atoms with Crippen molar-refractivity contribution >= 4 is 0 Å². The van der Waals surface area contributed by atoms with Crippen LogP contribution in [-0.2, 0) is 9.47 Å². The van der Waals surface area contributed by atoms with E-state index in [0.29, 0.717) is 13.2 Å². The van der Waals surface area contributed by atoms with E-state index in [1.54, 1.807) is 7.11 Å². The maximum atomic E-state index is 5.12. The normalized spacial score (nSPS) is 10.0. The zero-order valence-corrected chi connectivity index (χ0v) is 5.93. The maximum Gasteiger partial charge on any atom is 0.0935 e. The molecule has 0 aliphatic carbocycles. The Bertz CT molecular complexity index is 44.3. The van der Waals surface area contributed by atoms with Crippen molar-refractivity contribution in [1.82, 2.24) is 0 Å². The minimum atomic E-state index is 0.678. The van der Waals surface area contributed by atoms with Gasteiger partial charge in [-0.1, -0.05) is 0 Å². The molecule has 0 amide bonds. The fourth-order valence-electron chi connectivity index (χ4n) is 0.411. The second-order valence-corrected chi connectivity index (χ2v) is 1.68. The summed E-state index contributed by atoms with van der Waals surface area (Å²) in [6, 6.07) is 0. The van der Waals surface area contributed by atoms with E-state index < -0.39 is 0 Å². The predicted molar refractivity (Wildman–Crippen MR) is 34.8 cm³/mol. The van der Waals surface area contributed by atoms with Crippen molar-refractivity contribution in [2.24, 2.45) is 0 Å². The molecule has 0 saturated heterocycles. The second kappa shape index (κ2) is 7.88. The SMILES string of the molecule is [CH2-][NH2+]CCOCCOC. The molecule has 3 heteroatoms. The van der Waals surface area contributed by atoms with Crippen molar-refractivity contribution in [3.05, 3.63) is 7.05 Å². The largest absolute Gasteiger partial charge is 0.477 e. The van der Waals surface area contributed by atoms with Gasteiger partial charge in [-0.25, -0.2) is 0 Å². The quantitative estimate of drug-likeness (QED) is 0.373. The van der Waals surface area contributed by atoms with E-state index in [0.717, 1.165) is 13.2 Å². The summed E-state index contributed by atoms with van der Waals surface area (Å²) in [6.07, 6.45) is 0. The Kier molecular flexibility index (Phi) is 7.77. The van der Waals surface area contributed by atoms with Crippen LogP contribution < -0.4 is 5.32 Å². The van der Waals surface area contributed by atoms with E-state index in [1.165, 1.54) is 0 Å². The molecular formula is C6H15NO2. The zero-order chi connectivity index (χ0) is 6.95. The highest BCUT2D eigenvalue weighted by atomic mass is 16.5. The monoisotopic (exact) mass is 133 g/mol.